The van der Waals surface area contributed by atoms with E-state index in [1.165, 1.54) is 12.1 Å². The number of carbonyl (C=O) groups excluding carboxylic acids is 1. The first kappa shape index (κ1) is 36.4. The lowest BCUT2D eigenvalue weighted by Crippen LogP contribution is -2.41. The number of hydrogen-bond acceptors (Lipinski definition) is 6. The topological polar surface area (TPSA) is 96.1 Å². The molecule has 0 unspecified atom stereocenters. The number of benzene rings is 2. The van der Waals surface area contributed by atoms with E-state index in [2.05, 4.69) is 27.0 Å². The normalized spacial score (nSPS) is 23.5. The first-order valence-electron chi connectivity index (χ1n) is 18.6. The van der Waals surface area contributed by atoms with Gasteiger partial charge in [-0.1, -0.05) is 41.4 Å². The zero-order chi connectivity index (χ0) is 38.3. The van der Waals surface area contributed by atoms with E-state index in [9.17, 15) is 23.2 Å². The average molecular weight is 792 g/mol. The summed E-state index contributed by atoms with van der Waals surface area (Å²) < 4.78 is 67.0. The Morgan fingerprint density at radius 2 is 1.93 bits per heavy atom. The summed E-state index contributed by atoms with van der Waals surface area (Å²) in [4.78, 5) is 24.3. The number of aromatic nitrogens is 3. The first-order chi connectivity index (χ1) is 26.4. The molecule has 6 heterocycles. The highest BCUT2D eigenvalue weighted by Crippen LogP contribution is 2.51. The Morgan fingerprint density at radius 3 is 2.64 bits per heavy atom. The molecule has 5 aromatic rings. The Bertz CT molecular complexity index is 2410. The van der Waals surface area contributed by atoms with Crippen molar-refractivity contribution in [1.29, 1.82) is 5.26 Å². The maximum absolute atomic E-state index is 17.2. The van der Waals surface area contributed by atoms with Gasteiger partial charge in [0.2, 0.25) is 5.91 Å². The lowest BCUT2D eigenvalue weighted by atomic mass is 9.79. The van der Waals surface area contributed by atoms with E-state index in [0.717, 1.165) is 48.6 Å². The molecule has 14 heteroatoms. The monoisotopic (exact) mass is 790 g/mol. The van der Waals surface area contributed by atoms with Gasteiger partial charge >= 0.3 is 6.18 Å². The zero-order valence-electron chi connectivity index (χ0n) is 29.8. The Kier molecular flexibility index (Phi) is 9.08. The number of nitriles is 1. The largest absolute Gasteiger partial charge is 0.433 e. The lowest BCUT2D eigenvalue weighted by molar-refractivity contribution is -0.142. The van der Waals surface area contributed by atoms with Crippen LogP contribution in [0.2, 0.25) is 10.0 Å². The molecular weight excluding hydrogens is 755 g/mol. The highest BCUT2D eigenvalue weighted by Gasteiger charge is 2.51. The molecule has 55 heavy (non-hydrogen) atoms. The number of ether oxygens (including phenoxy) is 1. The molecule has 1 N–H and O–H groups in total. The number of nitrogens with zero attached hydrogens (tertiary/aromatic N) is 5. The van der Waals surface area contributed by atoms with Crippen LogP contribution in [0.4, 0.5) is 17.6 Å². The van der Waals surface area contributed by atoms with Gasteiger partial charge in [0.05, 0.1) is 46.4 Å². The Hall–Kier alpha value is -4.28. The minimum atomic E-state index is -4.63. The number of likely N-dealkylation sites (tertiary alicyclic amines) is 1. The number of aryl methyl sites for hydroxylation is 2. The van der Waals surface area contributed by atoms with Crippen molar-refractivity contribution in [1.82, 2.24) is 24.8 Å². The molecular formula is C41H36Cl2F4N6O2. The minimum absolute atomic E-state index is 0.00699. The molecule has 2 aromatic carbocycles. The molecule has 10 rings (SSSR count). The van der Waals surface area contributed by atoms with E-state index in [-0.39, 0.29) is 76.6 Å². The molecule has 0 spiro atoms. The molecule has 284 valence electrons. The van der Waals surface area contributed by atoms with Gasteiger partial charge in [-0.3, -0.25) is 9.78 Å². The van der Waals surface area contributed by atoms with Crippen LogP contribution in [0, 0.1) is 35.9 Å². The number of rotatable bonds is 9. The Balaban J connectivity index is 1.20. The van der Waals surface area contributed by atoms with Crippen LogP contribution in [0.3, 0.4) is 0 Å². The summed E-state index contributed by atoms with van der Waals surface area (Å²) in [6.45, 7) is 2.60. The number of halogens is 6. The molecule has 5 atom stereocenters. The molecule has 0 radical (unpaired) electrons. The van der Waals surface area contributed by atoms with Crippen LogP contribution in [0.5, 0.6) is 0 Å². The fraction of sp³-hybridized carbons (Fsp3) is 0.415. The van der Waals surface area contributed by atoms with Crippen LogP contribution in [0.15, 0.2) is 48.7 Å². The van der Waals surface area contributed by atoms with Gasteiger partial charge in [-0.15, -0.1) is 0 Å². The van der Waals surface area contributed by atoms with Crippen molar-refractivity contribution in [2.45, 2.75) is 82.5 Å². The summed E-state index contributed by atoms with van der Waals surface area (Å²) in [5.41, 5.74) is 2.66. The van der Waals surface area contributed by atoms with E-state index < -0.39 is 29.8 Å². The van der Waals surface area contributed by atoms with Gasteiger partial charge in [-0.25, -0.2) is 9.37 Å². The van der Waals surface area contributed by atoms with Gasteiger partial charge < -0.3 is 19.5 Å². The van der Waals surface area contributed by atoms with Gasteiger partial charge in [0.15, 0.2) is 5.82 Å². The summed E-state index contributed by atoms with van der Waals surface area (Å²) in [7, 11) is 0. The van der Waals surface area contributed by atoms with Gasteiger partial charge in [0, 0.05) is 82.9 Å². The maximum Gasteiger partial charge on any atom is 0.433 e. The molecule has 5 fully saturated rings. The summed E-state index contributed by atoms with van der Waals surface area (Å²) in [6.07, 6.45) is -0.716. The summed E-state index contributed by atoms with van der Waals surface area (Å²) in [5.74, 6) is -0.346. The van der Waals surface area contributed by atoms with Crippen LogP contribution in [0.25, 0.3) is 32.9 Å². The van der Waals surface area contributed by atoms with Crippen molar-refractivity contribution in [2.24, 2.45) is 11.8 Å². The number of nitrogens with one attached hydrogen (secondary N) is 1. The molecule has 3 aliphatic heterocycles. The van der Waals surface area contributed by atoms with E-state index in [4.69, 9.17) is 32.9 Å². The van der Waals surface area contributed by atoms with E-state index >= 15 is 4.39 Å². The second-order valence-electron chi connectivity index (χ2n) is 15.2. The van der Waals surface area contributed by atoms with Crippen molar-refractivity contribution in [3.63, 3.8) is 0 Å². The predicted octanol–water partition coefficient (Wildman–Crippen LogP) is 9.28. The van der Waals surface area contributed by atoms with Gasteiger partial charge in [-0.2, -0.15) is 18.4 Å². The Morgan fingerprint density at radius 1 is 1.11 bits per heavy atom. The molecule has 2 saturated carbocycles. The summed E-state index contributed by atoms with van der Waals surface area (Å²) in [6, 6.07) is 13.8. The van der Waals surface area contributed by atoms with E-state index in [1.54, 1.807) is 18.2 Å². The smallest absolute Gasteiger partial charge is 0.372 e. The van der Waals surface area contributed by atoms with Crippen molar-refractivity contribution < 1.29 is 27.1 Å². The maximum atomic E-state index is 17.2. The number of pyridine rings is 2. The van der Waals surface area contributed by atoms with Gasteiger partial charge in [0.25, 0.3) is 0 Å². The van der Waals surface area contributed by atoms with Crippen molar-refractivity contribution in [2.75, 3.05) is 13.1 Å². The predicted molar refractivity (Wildman–Crippen MR) is 200 cm³/mol. The zero-order valence-corrected chi connectivity index (χ0v) is 31.3. The highest BCUT2D eigenvalue weighted by atomic mass is 35.5. The first-order valence-corrected chi connectivity index (χ1v) is 19.3. The van der Waals surface area contributed by atoms with Crippen LogP contribution >= 0.6 is 23.2 Å². The fourth-order valence-corrected chi connectivity index (χ4v) is 9.52. The quantitative estimate of drug-likeness (QED) is 0.150. The standard InChI is InChI=1S/C41H36Cl2F4N6O2/c1-20-27-16-32(31-15-25(18-52(31)40(54)21-9-10-21)55-19-23-6-4-12-49-39(23)41(45,46)47)53(37-24-14-30(37)50-17-24)38(27)28-13-22(5-3-11-48)33(35(44)36(28)51-20)26-7-2-8-29(42)34(26)43/h2,4,6-8,12-13,16,21,24-25,30-31,37,50H,3,5,9-10,14-15,17-19H2,1H3/t24-,25+,30-,31-,37+/m1/s1. The van der Waals surface area contributed by atoms with Crippen molar-refractivity contribution >= 4 is 50.9 Å². The molecule has 8 nitrogen and oxygen atoms in total. The second-order valence-corrected chi connectivity index (χ2v) is 16.0. The summed E-state index contributed by atoms with van der Waals surface area (Å²) >= 11 is 13.1. The van der Waals surface area contributed by atoms with Crippen LogP contribution < -0.4 is 5.32 Å². The number of carbonyl (C=O) groups is 1. The van der Waals surface area contributed by atoms with Gasteiger partial charge in [0.1, 0.15) is 11.2 Å². The van der Waals surface area contributed by atoms with Crippen LogP contribution in [-0.2, 0) is 28.7 Å². The second kappa shape index (κ2) is 13.7. The molecule has 5 aliphatic rings. The minimum Gasteiger partial charge on any atom is -0.372 e. The number of alkyl halides is 3. The van der Waals surface area contributed by atoms with Crippen LogP contribution in [-0.4, -0.2) is 50.6 Å². The third-order valence-electron chi connectivity index (χ3n) is 11.9. The number of hydrogen-bond donors (Lipinski definition) is 1. The van der Waals surface area contributed by atoms with Crippen molar-refractivity contribution in [3.05, 3.63) is 92.7 Å². The van der Waals surface area contributed by atoms with Gasteiger partial charge in [-0.05, 0) is 68.4 Å². The molecule has 1 amide bonds. The van der Waals surface area contributed by atoms with Crippen molar-refractivity contribution in [3.8, 4) is 17.2 Å². The molecule has 2 bridgehead atoms. The van der Waals surface area contributed by atoms with E-state index in [0.29, 0.717) is 34.5 Å². The SMILES string of the molecule is Cc1nc2c(F)c(-c3cccc(Cl)c3Cl)c(CCC#N)cc2c2c1cc([C@H]1C[C@H](OCc3cccnc3C(F)(F)F)CN1C(=O)C1CC1)n2[C@H]1[C@H]2CN[C@@H]1C2. The third-order valence-corrected chi connectivity index (χ3v) is 12.7. The fourth-order valence-electron chi connectivity index (χ4n) is 9.12. The van der Waals surface area contributed by atoms with E-state index in [1.807, 2.05) is 17.9 Å². The summed E-state index contributed by atoms with van der Waals surface area (Å²) in [5, 5.41) is 15.1. The van der Waals surface area contributed by atoms with Crippen LogP contribution in [0.1, 0.15) is 72.4 Å². The highest BCUT2D eigenvalue weighted by molar-refractivity contribution is 6.43. The number of amides is 1. The number of fused-ring (bicyclic) bond motifs is 4. The third kappa shape index (κ3) is 6.15. The lowest BCUT2D eigenvalue weighted by Gasteiger charge is -2.39. The Labute approximate surface area is 324 Å². The molecule has 3 saturated heterocycles. The average Bonchev–Trinajstić information content (AvgIpc) is 3.45. The molecule has 2 aliphatic carbocycles. The molecule has 3 aromatic heterocycles.